The molecule has 3 aromatic rings. The number of halogens is 1. The van der Waals surface area contributed by atoms with Gasteiger partial charge in [0.2, 0.25) is 0 Å². The smallest absolute Gasteiger partial charge is 0.140 e. The lowest BCUT2D eigenvalue weighted by Gasteiger charge is -2.20. The summed E-state index contributed by atoms with van der Waals surface area (Å²) in [5, 5.41) is 2.32. The second-order valence-corrected chi connectivity index (χ2v) is 5.22. The van der Waals surface area contributed by atoms with Crippen LogP contribution < -0.4 is 4.90 Å². The molecule has 0 unspecified atom stereocenters. The van der Waals surface area contributed by atoms with Gasteiger partial charge in [0.25, 0.3) is 0 Å². The van der Waals surface area contributed by atoms with E-state index in [-0.39, 0.29) is 0 Å². The normalized spacial score (nSPS) is 10.6. The first-order valence-electron chi connectivity index (χ1n) is 6.09. The zero-order valence-corrected chi connectivity index (χ0v) is 12.1. The molecule has 0 aliphatic heterocycles. The molecule has 0 saturated carbocycles. The minimum Gasteiger partial charge on any atom is -0.329 e. The molecule has 0 N–H and O–H groups in total. The lowest BCUT2D eigenvalue weighted by molar-refractivity contribution is 1.14. The molecule has 2 aromatic carbocycles. The van der Waals surface area contributed by atoms with Gasteiger partial charge >= 0.3 is 0 Å². The van der Waals surface area contributed by atoms with Crippen molar-refractivity contribution in [1.82, 2.24) is 4.98 Å². The molecule has 0 radical (unpaired) electrons. The Balaban J connectivity index is 2.18. The van der Waals surface area contributed by atoms with Gasteiger partial charge in [-0.1, -0.05) is 42.5 Å². The zero-order valence-electron chi connectivity index (χ0n) is 10.5. The Morgan fingerprint density at radius 1 is 0.895 bits per heavy atom. The van der Waals surface area contributed by atoms with Gasteiger partial charge < -0.3 is 4.90 Å². The first kappa shape index (κ1) is 12.2. The van der Waals surface area contributed by atoms with Crippen molar-refractivity contribution in [2.24, 2.45) is 0 Å². The van der Waals surface area contributed by atoms with Crippen LogP contribution >= 0.6 is 15.9 Å². The molecule has 0 bridgehead atoms. The highest BCUT2D eigenvalue weighted by Gasteiger charge is 2.10. The minimum absolute atomic E-state index is 0.963. The fourth-order valence-electron chi connectivity index (χ4n) is 2.18. The van der Waals surface area contributed by atoms with Crippen molar-refractivity contribution < 1.29 is 0 Å². The Labute approximate surface area is 120 Å². The van der Waals surface area contributed by atoms with Crippen molar-refractivity contribution >= 4 is 38.2 Å². The average molecular weight is 313 g/mol. The topological polar surface area (TPSA) is 16.1 Å². The van der Waals surface area contributed by atoms with Gasteiger partial charge in [0, 0.05) is 34.2 Å². The van der Waals surface area contributed by atoms with Gasteiger partial charge in [-0.3, -0.25) is 0 Å². The average Bonchev–Trinajstić information content (AvgIpc) is 2.48. The van der Waals surface area contributed by atoms with E-state index in [0.29, 0.717) is 0 Å². The summed E-state index contributed by atoms with van der Waals surface area (Å²) < 4.78 is 1.02. The Kier molecular flexibility index (Phi) is 3.22. The Bertz CT molecular complexity index is 710. The summed E-state index contributed by atoms with van der Waals surface area (Å²) in [6.07, 6.45) is 1.86. The Hall–Kier alpha value is -1.87. The molecule has 2 nitrogen and oxygen atoms in total. The van der Waals surface area contributed by atoms with Crippen LogP contribution in [-0.4, -0.2) is 12.0 Å². The van der Waals surface area contributed by atoms with Crippen LogP contribution in [0.2, 0.25) is 0 Å². The molecule has 0 spiro atoms. The molecular formula is C16H13BrN2. The standard InChI is InChI=1S/C16H13BrN2/c1-19(12-7-3-2-4-8-12)16-14-10-6-5-9-13(14)15(17)11-18-16/h2-11H,1H3. The predicted molar refractivity (Wildman–Crippen MR) is 83.9 cm³/mol. The van der Waals surface area contributed by atoms with Crippen LogP contribution in [0.25, 0.3) is 10.8 Å². The van der Waals surface area contributed by atoms with E-state index in [1.54, 1.807) is 0 Å². The molecule has 0 amide bonds. The van der Waals surface area contributed by atoms with Crippen LogP contribution in [0.4, 0.5) is 11.5 Å². The predicted octanol–water partition coefficient (Wildman–Crippen LogP) is 4.77. The zero-order chi connectivity index (χ0) is 13.2. The SMILES string of the molecule is CN(c1ccccc1)c1ncc(Br)c2ccccc12. The van der Waals surface area contributed by atoms with E-state index in [0.717, 1.165) is 21.4 Å². The monoisotopic (exact) mass is 312 g/mol. The lowest BCUT2D eigenvalue weighted by atomic mass is 10.1. The quantitative estimate of drug-likeness (QED) is 0.678. The number of hydrogen-bond acceptors (Lipinski definition) is 2. The van der Waals surface area contributed by atoms with Gasteiger partial charge in [-0.05, 0) is 28.1 Å². The lowest BCUT2D eigenvalue weighted by Crippen LogP contribution is -2.11. The van der Waals surface area contributed by atoms with E-state index in [2.05, 4.69) is 50.1 Å². The number of para-hydroxylation sites is 1. The summed E-state index contributed by atoms with van der Waals surface area (Å²) in [4.78, 5) is 6.67. The molecule has 0 atom stereocenters. The van der Waals surface area contributed by atoms with Crippen LogP contribution in [0.15, 0.2) is 65.3 Å². The fourth-order valence-corrected chi connectivity index (χ4v) is 2.63. The number of aromatic nitrogens is 1. The van der Waals surface area contributed by atoms with Crippen LogP contribution in [0.5, 0.6) is 0 Å². The first-order chi connectivity index (χ1) is 9.27. The number of anilines is 2. The summed E-state index contributed by atoms with van der Waals surface area (Å²) in [5.41, 5.74) is 1.13. The summed E-state index contributed by atoms with van der Waals surface area (Å²) >= 11 is 3.56. The number of fused-ring (bicyclic) bond motifs is 1. The maximum absolute atomic E-state index is 4.56. The van der Waals surface area contributed by atoms with Crippen molar-refractivity contribution in [2.45, 2.75) is 0 Å². The van der Waals surface area contributed by atoms with E-state index < -0.39 is 0 Å². The molecule has 0 fully saturated rings. The molecule has 1 aromatic heterocycles. The van der Waals surface area contributed by atoms with Gasteiger partial charge in [0.1, 0.15) is 5.82 Å². The first-order valence-corrected chi connectivity index (χ1v) is 6.88. The van der Waals surface area contributed by atoms with Crippen molar-refractivity contribution in [2.75, 3.05) is 11.9 Å². The second-order valence-electron chi connectivity index (χ2n) is 4.37. The summed E-state index contributed by atoms with van der Waals surface area (Å²) in [5.74, 6) is 0.963. The van der Waals surface area contributed by atoms with Gasteiger partial charge in [-0.2, -0.15) is 0 Å². The molecule has 94 valence electrons. The maximum atomic E-state index is 4.56. The second kappa shape index (κ2) is 5.02. The fraction of sp³-hybridized carbons (Fsp3) is 0.0625. The molecule has 19 heavy (non-hydrogen) atoms. The molecule has 0 aliphatic rings. The van der Waals surface area contributed by atoms with Crippen molar-refractivity contribution in [3.8, 4) is 0 Å². The highest BCUT2D eigenvalue weighted by Crippen LogP contribution is 2.32. The number of hydrogen-bond donors (Lipinski definition) is 0. The van der Waals surface area contributed by atoms with Crippen molar-refractivity contribution in [3.63, 3.8) is 0 Å². The van der Waals surface area contributed by atoms with Crippen LogP contribution in [0.1, 0.15) is 0 Å². The third-order valence-electron chi connectivity index (χ3n) is 3.19. The molecule has 0 aliphatic carbocycles. The van der Waals surface area contributed by atoms with Crippen LogP contribution in [0.3, 0.4) is 0 Å². The third kappa shape index (κ3) is 2.22. The molecule has 3 rings (SSSR count). The largest absolute Gasteiger partial charge is 0.329 e. The van der Waals surface area contributed by atoms with E-state index >= 15 is 0 Å². The van der Waals surface area contributed by atoms with E-state index in [4.69, 9.17) is 0 Å². The van der Waals surface area contributed by atoms with Crippen LogP contribution in [0, 0.1) is 0 Å². The highest BCUT2D eigenvalue weighted by atomic mass is 79.9. The van der Waals surface area contributed by atoms with E-state index in [1.807, 2.05) is 43.6 Å². The van der Waals surface area contributed by atoms with Crippen molar-refractivity contribution in [1.29, 1.82) is 0 Å². The van der Waals surface area contributed by atoms with Gasteiger partial charge in [0.15, 0.2) is 0 Å². The number of pyridine rings is 1. The maximum Gasteiger partial charge on any atom is 0.140 e. The summed E-state index contributed by atoms with van der Waals surface area (Å²) in [6, 6.07) is 18.5. The number of rotatable bonds is 2. The molecular weight excluding hydrogens is 300 g/mol. The van der Waals surface area contributed by atoms with Gasteiger partial charge in [-0.25, -0.2) is 4.98 Å². The van der Waals surface area contributed by atoms with Gasteiger partial charge in [-0.15, -0.1) is 0 Å². The Morgan fingerprint density at radius 2 is 1.53 bits per heavy atom. The molecule has 0 saturated heterocycles. The summed E-state index contributed by atoms with van der Waals surface area (Å²) in [6.45, 7) is 0. The minimum atomic E-state index is 0.963. The highest BCUT2D eigenvalue weighted by molar-refractivity contribution is 9.10. The van der Waals surface area contributed by atoms with E-state index in [1.165, 1.54) is 5.39 Å². The van der Waals surface area contributed by atoms with Crippen LogP contribution in [-0.2, 0) is 0 Å². The molecule has 3 heteroatoms. The number of nitrogens with zero attached hydrogens (tertiary/aromatic N) is 2. The van der Waals surface area contributed by atoms with Gasteiger partial charge in [0.05, 0.1) is 0 Å². The summed E-state index contributed by atoms with van der Waals surface area (Å²) in [7, 11) is 2.04. The number of benzene rings is 2. The van der Waals surface area contributed by atoms with E-state index in [9.17, 15) is 0 Å². The molecule has 1 heterocycles. The Morgan fingerprint density at radius 3 is 2.26 bits per heavy atom. The third-order valence-corrected chi connectivity index (χ3v) is 3.82. The van der Waals surface area contributed by atoms with Crippen molar-refractivity contribution in [3.05, 3.63) is 65.3 Å².